The predicted molar refractivity (Wildman–Crippen MR) is 82.6 cm³/mol. The van der Waals surface area contributed by atoms with Crippen LogP contribution in [0.2, 0.25) is 0 Å². The Morgan fingerprint density at radius 3 is 2.81 bits per heavy atom. The van der Waals surface area contributed by atoms with E-state index in [1.807, 2.05) is 12.1 Å². The first-order valence-electron chi connectivity index (χ1n) is 6.89. The minimum Gasteiger partial charge on any atom is -0.278 e. The predicted octanol–water partition coefficient (Wildman–Crippen LogP) is 3.75. The fraction of sp³-hybridized carbons (Fsp3) is 0.188. The average molecular weight is 281 g/mol. The van der Waals surface area contributed by atoms with Crippen molar-refractivity contribution >= 4 is 17.1 Å². The van der Waals surface area contributed by atoms with Crippen molar-refractivity contribution in [1.82, 2.24) is 0 Å². The number of nitrogens with one attached hydrogen (secondary N) is 1. The molecule has 21 heavy (non-hydrogen) atoms. The van der Waals surface area contributed by atoms with E-state index in [1.54, 1.807) is 12.1 Å². The highest BCUT2D eigenvalue weighted by Crippen LogP contribution is 2.22. The van der Waals surface area contributed by atoms with E-state index < -0.39 is 4.92 Å². The first-order chi connectivity index (χ1) is 10.2. The average Bonchev–Trinajstić information content (AvgIpc) is 2.53. The summed E-state index contributed by atoms with van der Waals surface area (Å²) >= 11 is 0. The maximum absolute atomic E-state index is 10.8. The zero-order valence-corrected chi connectivity index (χ0v) is 11.5. The Balaban J connectivity index is 1.84. The SMILES string of the molecule is O=[N+]([O-])c1cccc(N/N=C2/CCCc3ccccc32)c1. The Bertz CT molecular complexity index is 710. The molecule has 1 aliphatic carbocycles. The van der Waals surface area contributed by atoms with Gasteiger partial charge in [-0.3, -0.25) is 15.5 Å². The largest absolute Gasteiger partial charge is 0.278 e. The fourth-order valence-electron chi connectivity index (χ4n) is 2.54. The van der Waals surface area contributed by atoms with E-state index in [0.29, 0.717) is 5.69 Å². The highest BCUT2D eigenvalue weighted by Gasteiger charge is 2.14. The molecule has 0 fully saturated rings. The molecule has 2 aromatic carbocycles. The van der Waals surface area contributed by atoms with Crippen molar-refractivity contribution in [1.29, 1.82) is 0 Å². The second-order valence-corrected chi connectivity index (χ2v) is 4.99. The zero-order valence-electron chi connectivity index (χ0n) is 11.5. The topological polar surface area (TPSA) is 67.5 Å². The number of anilines is 1. The molecule has 5 nitrogen and oxygen atoms in total. The second kappa shape index (κ2) is 5.75. The fourth-order valence-corrected chi connectivity index (χ4v) is 2.54. The van der Waals surface area contributed by atoms with Crippen LogP contribution in [0.3, 0.4) is 0 Å². The van der Waals surface area contributed by atoms with E-state index in [9.17, 15) is 10.1 Å². The zero-order chi connectivity index (χ0) is 14.7. The number of nitro benzene ring substituents is 1. The van der Waals surface area contributed by atoms with Gasteiger partial charge in [0.2, 0.25) is 0 Å². The van der Waals surface area contributed by atoms with Crippen LogP contribution in [0.1, 0.15) is 24.0 Å². The molecule has 106 valence electrons. The molecule has 0 aromatic heterocycles. The minimum absolute atomic E-state index is 0.0595. The highest BCUT2D eigenvalue weighted by atomic mass is 16.6. The van der Waals surface area contributed by atoms with E-state index in [4.69, 9.17) is 0 Å². The molecular formula is C16H15N3O2. The molecule has 0 saturated carbocycles. The number of hydrazone groups is 1. The minimum atomic E-state index is -0.408. The van der Waals surface area contributed by atoms with Crippen LogP contribution >= 0.6 is 0 Å². The summed E-state index contributed by atoms with van der Waals surface area (Å²) < 4.78 is 0. The summed E-state index contributed by atoms with van der Waals surface area (Å²) in [6.45, 7) is 0. The molecule has 0 saturated heterocycles. The van der Waals surface area contributed by atoms with Crippen molar-refractivity contribution in [3.8, 4) is 0 Å². The van der Waals surface area contributed by atoms with Crippen LogP contribution in [-0.2, 0) is 6.42 Å². The molecular weight excluding hydrogens is 266 g/mol. The van der Waals surface area contributed by atoms with Gasteiger partial charge in [0.05, 0.1) is 16.3 Å². The monoisotopic (exact) mass is 281 g/mol. The molecule has 0 amide bonds. The summed E-state index contributed by atoms with van der Waals surface area (Å²) in [6.07, 6.45) is 3.07. The summed E-state index contributed by atoms with van der Waals surface area (Å²) in [6, 6.07) is 14.6. The molecule has 0 bridgehead atoms. The van der Waals surface area contributed by atoms with Gasteiger partial charge in [-0.1, -0.05) is 30.3 Å². The molecule has 0 radical (unpaired) electrons. The Labute approximate surface area is 122 Å². The molecule has 5 heteroatoms. The van der Waals surface area contributed by atoms with E-state index in [0.717, 1.165) is 25.0 Å². The molecule has 3 rings (SSSR count). The summed E-state index contributed by atoms with van der Waals surface area (Å²) in [5.74, 6) is 0. The third-order valence-electron chi connectivity index (χ3n) is 3.56. The van der Waals surface area contributed by atoms with E-state index in [2.05, 4.69) is 22.7 Å². The molecule has 0 heterocycles. The highest BCUT2D eigenvalue weighted by molar-refractivity contribution is 6.03. The van der Waals surface area contributed by atoms with Gasteiger partial charge in [0, 0.05) is 17.7 Å². The van der Waals surface area contributed by atoms with Gasteiger partial charge in [-0.2, -0.15) is 5.10 Å². The lowest BCUT2D eigenvalue weighted by Crippen LogP contribution is -2.13. The molecule has 2 aromatic rings. The van der Waals surface area contributed by atoms with Crippen LogP contribution in [0.5, 0.6) is 0 Å². The van der Waals surface area contributed by atoms with Crippen molar-refractivity contribution < 1.29 is 4.92 Å². The van der Waals surface area contributed by atoms with Crippen LogP contribution in [0.25, 0.3) is 0 Å². The summed E-state index contributed by atoms with van der Waals surface area (Å²) in [4.78, 5) is 10.4. The van der Waals surface area contributed by atoms with Gasteiger partial charge in [-0.25, -0.2) is 0 Å². The standard InChI is InChI=1S/C16H15N3O2/c20-19(21)14-8-4-7-13(11-14)17-18-16-10-3-6-12-5-1-2-9-15(12)16/h1-2,4-5,7-9,11,17H,3,6,10H2/b18-16-. The normalized spacial score (nSPS) is 15.5. The lowest BCUT2D eigenvalue weighted by Gasteiger charge is -2.17. The molecule has 0 atom stereocenters. The molecule has 0 spiro atoms. The van der Waals surface area contributed by atoms with Gasteiger partial charge >= 0.3 is 0 Å². The molecule has 0 aliphatic heterocycles. The quantitative estimate of drug-likeness (QED) is 0.688. The van der Waals surface area contributed by atoms with Gasteiger partial charge in [0.1, 0.15) is 0 Å². The van der Waals surface area contributed by atoms with Gasteiger partial charge in [0.25, 0.3) is 5.69 Å². The Hall–Kier alpha value is -2.69. The van der Waals surface area contributed by atoms with Crippen molar-refractivity contribution in [3.63, 3.8) is 0 Å². The van der Waals surface area contributed by atoms with Crippen molar-refractivity contribution in [2.24, 2.45) is 5.10 Å². The number of fused-ring (bicyclic) bond motifs is 1. The maximum Gasteiger partial charge on any atom is 0.271 e. The number of nitro groups is 1. The summed E-state index contributed by atoms with van der Waals surface area (Å²) in [7, 11) is 0. The lowest BCUT2D eigenvalue weighted by atomic mass is 9.90. The first-order valence-corrected chi connectivity index (χ1v) is 6.89. The lowest BCUT2D eigenvalue weighted by molar-refractivity contribution is -0.384. The Morgan fingerprint density at radius 2 is 1.95 bits per heavy atom. The summed E-state index contributed by atoms with van der Waals surface area (Å²) in [5.41, 5.74) is 7.10. The number of hydrogen-bond acceptors (Lipinski definition) is 4. The third kappa shape index (κ3) is 2.91. The maximum atomic E-state index is 10.8. The van der Waals surface area contributed by atoms with E-state index in [1.165, 1.54) is 23.3 Å². The Morgan fingerprint density at radius 1 is 1.10 bits per heavy atom. The number of non-ortho nitro benzene ring substituents is 1. The van der Waals surface area contributed by atoms with Crippen molar-refractivity contribution in [2.45, 2.75) is 19.3 Å². The van der Waals surface area contributed by atoms with Gasteiger partial charge in [-0.15, -0.1) is 0 Å². The molecule has 1 N–H and O–H groups in total. The molecule has 0 unspecified atom stereocenters. The first kappa shape index (κ1) is 13.3. The van der Waals surface area contributed by atoms with Crippen LogP contribution in [0.15, 0.2) is 53.6 Å². The number of rotatable bonds is 3. The number of aryl methyl sites for hydroxylation is 1. The van der Waals surface area contributed by atoms with Crippen LogP contribution in [0, 0.1) is 10.1 Å². The van der Waals surface area contributed by atoms with E-state index in [-0.39, 0.29) is 5.69 Å². The number of nitrogens with zero attached hydrogens (tertiary/aromatic N) is 2. The third-order valence-corrected chi connectivity index (χ3v) is 3.56. The van der Waals surface area contributed by atoms with Crippen LogP contribution in [0.4, 0.5) is 11.4 Å². The van der Waals surface area contributed by atoms with E-state index >= 15 is 0 Å². The van der Waals surface area contributed by atoms with Crippen LogP contribution in [-0.4, -0.2) is 10.6 Å². The number of hydrogen-bond donors (Lipinski definition) is 1. The number of benzene rings is 2. The Kier molecular flexibility index (Phi) is 3.64. The van der Waals surface area contributed by atoms with Gasteiger partial charge < -0.3 is 0 Å². The van der Waals surface area contributed by atoms with Crippen molar-refractivity contribution in [3.05, 3.63) is 69.8 Å². The van der Waals surface area contributed by atoms with Gasteiger partial charge in [-0.05, 0) is 30.9 Å². The molecule has 1 aliphatic rings. The smallest absolute Gasteiger partial charge is 0.271 e. The summed E-state index contributed by atoms with van der Waals surface area (Å²) in [5, 5.41) is 15.2. The van der Waals surface area contributed by atoms with Gasteiger partial charge in [0.15, 0.2) is 0 Å². The van der Waals surface area contributed by atoms with Crippen molar-refractivity contribution in [2.75, 3.05) is 5.43 Å². The van der Waals surface area contributed by atoms with Crippen LogP contribution < -0.4 is 5.43 Å². The second-order valence-electron chi connectivity index (χ2n) is 4.99.